The Morgan fingerprint density at radius 2 is 1.74 bits per heavy atom. The number of rotatable bonds is 8. The summed E-state index contributed by atoms with van der Waals surface area (Å²) in [6.45, 7) is 3.75. The predicted molar refractivity (Wildman–Crippen MR) is 132 cm³/mol. The lowest BCUT2D eigenvalue weighted by atomic mass is 10.1. The fourth-order valence-corrected chi connectivity index (χ4v) is 3.71. The van der Waals surface area contributed by atoms with Crippen molar-refractivity contribution in [3.05, 3.63) is 101 Å². The van der Waals surface area contributed by atoms with Gasteiger partial charge in [-0.25, -0.2) is 4.98 Å². The second kappa shape index (κ2) is 10.6. The summed E-state index contributed by atoms with van der Waals surface area (Å²) in [5.41, 5.74) is 2.04. The van der Waals surface area contributed by atoms with E-state index in [1.54, 1.807) is 66.7 Å². The minimum absolute atomic E-state index is 0.359. The van der Waals surface area contributed by atoms with Crippen LogP contribution >= 0.6 is 0 Å². The Labute approximate surface area is 202 Å². The number of ether oxygens (including phenoxy) is 2. The van der Waals surface area contributed by atoms with Crippen LogP contribution < -0.4 is 15.6 Å². The van der Waals surface area contributed by atoms with Gasteiger partial charge in [0.05, 0.1) is 29.5 Å². The second-order valence-corrected chi connectivity index (χ2v) is 7.85. The highest BCUT2D eigenvalue weighted by Gasteiger charge is 2.26. The van der Waals surface area contributed by atoms with E-state index in [1.807, 2.05) is 19.9 Å². The van der Waals surface area contributed by atoms with Crippen molar-refractivity contribution in [2.45, 2.75) is 26.5 Å². The molecule has 35 heavy (non-hydrogen) atoms. The summed E-state index contributed by atoms with van der Waals surface area (Å²) in [6, 6.07) is 21.0. The number of nitrogens with one attached hydrogen (secondary N) is 1. The van der Waals surface area contributed by atoms with Gasteiger partial charge in [-0.3, -0.25) is 19.0 Å². The number of benzene rings is 3. The lowest BCUT2D eigenvalue weighted by Gasteiger charge is -2.19. The third-order valence-corrected chi connectivity index (χ3v) is 5.39. The van der Waals surface area contributed by atoms with Gasteiger partial charge in [0.15, 0.2) is 0 Å². The van der Waals surface area contributed by atoms with Gasteiger partial charge in [-0.15, -0.1) is 0 Å². The van der Waals surface area contributed by atoms with Crippen LogP contribution in [0.1, 0.15) is 24.2 Å². The quantitative estimate of drug-likeness (QED) is 0.390. The van der Waals surface area contributed by atoms with Crippen LogP contribution in [0.15, 0.2) is 83.9 Å². The maximum absolute atomic E-state index is 13.2. The van der Waals surface area contributed by atoms with E-state index in [2.05, 4.69) is 10.3 Å². The molecule has 0 saturated carbocycles. The van der Waals surface area contributed by atoms with Crippen molar-refractivity contribution in [3.63, 3.8) is 0 Å². The molecule has 3 aromatic carbocycles. The van der Waals surface area contributed by atoms with Crippen LogP contribution in [0.5, 0.6) is 5.75 Å². The van der Waals surface area contributed by atoms with E-state index in [0.29, 0.717) is 34.5 Å². The van der Waals surface area contributed by atoms with Crippen molar-refractivity contribution >= 4 is 28.5 Å². The smallest absolute Gasteiger partial charge is 0.327 e. The average Bonchev–Trinajstić information content (AvgIpc) is 2.86. The fourth-order valence-electron chi connectivity index (χ4n) is 3.71. The van der Waals surface area contributed by atoms with E-state index in [9.17, 15) is 14.4 Å². The molecule has 178 valence electrons. The number of anilines is 1. The van der Waals surface area contributed by atoms with E-state index < -0.39 is 18.0 Å². The zero-order chi connectivity index (χ0) is 24.8. The molecule has 0 fully saturated rings. The first-order chi connectivity index (χ1) is 17.0. The summed E-state index contributed by atoms with van der Waals surface area (Å²) in [5.74, 6) is -0.787. The molecule has 4 aromatic rings. The largest absolute Gasteiger partial charge is 0.492 e. The molecule has 0 bridgehead atoms. The van der Waals surface area contributed by atoms with E-state index in [-0.39, 0.29) is 12.1 Å². The molecule has 0 aliphatic heterocycles. The summed E-state index contributed by atoms with van der Waals surface area (Å²) in [4.78, 5) is 43.3. The number of carbonyl (C=O) groups is 2. The van der Waals surface area contributed by atoms with Crippen molar-refractivity contribution in [1.82, 2.24) is 9.55 Å². The number of amides is 1. The molecule has 1 atom stereocenters. The molecule has 0 aliphatic rings. The Kier molecular flexibility index (Phi) is 7.21. The van der Waals surface area contributed by atoms with Gasteiger partial charge in [-0.05, 0) is 37.6 Å². The SMILES string of the molecule is CCOc1ccccc1NC(=O)C(OC(=O)Cn1cnc2c(C)cccc2c1=O)c1ccccc1. The van der Waals surface area contributed by atoms with Crippen LogP contribution in [0.25, 0.3) is 10.9 Å². The van der Waals surface area contributed by atoms with Gasteiger partial charge in [0.1, 0.15) is 12.3 Å². The van der Waals surface area contributed by atoms with Crippen LogP contribution in [0, 0.1) is 6.92 Å². The molecule has 0 spiro atoms. The first-order valence-corrected chi connectivity index (χ1v) is 11.2. The Hall–Kier alpha value is -4.46. The zero-order valence-corrected chi connectivity index (χ0v) is 19.4. The van der Waals surface area contributed by atoms with Crippen LogP contribution in [0.4, 0.5) is 5.69 Å². The topological polar surface area (TPSA) is 99.5 Å². The predicted octanol–water partition coefficient (Wildman–Crippen LogP) is 4.03. The summed E-state index contributed by atoms with van der Waals surface area (Å²) in [5, 5.41) is 3.19. The monoisotopic (exact) mass is 471 g/mol. The minimum atomic E-state index is -1.23. The molecule has 0 radical (unpaired) electrons. The average molecular weight is 472 g/mol. The van der Waals surface area contributed by atoms with Gasteiger partial charge >= 0.3 is 5.97 Å². The number of aryl methyl sites for hydroxylation is 1. The molecule has 0 saturated heterocycles. The molecule has 8 nitrogen and oxygen atoms in total. The van der Waals surface area contributed by atoms with Gasteiger partial charge in [-0.2, -0.15) is 0 Å². The Morgan fingerprint density at radius 3 is 2.51 bits per heavy atom. The van der Waals surface area contributed by atoms with Crippen molar-refractivity contribution in [3.8, 4) is 5.75 Å². The van der Waals surface area contributed by atoms with E-state index in [4.69, 9.17) is 9.47 Å². The highest BCUT2D eigenvalue weighted by molar-refractivity contribution is 5.97. The number of hydrogen-bond donors (Lipinski definition) is 1. The molecule has 8 heteroatoms. The number of para-hydroxylation sites is 3. The first-order valence-electron chi connectivity index (χ1n) is 11.2. The maximum atomic E-state index is 13.2. The normalized spacial score (nSPS) is 11.6. The highest BCUT2D eigenvalue weighted by atomic mass is 16.5. The molecule has 1 amide bonds. The molecule has 1 heterocycles. The number of nitrogens with zero attached hydrogens (tertiary/aromatic N) is 2. The molecule has 1 aromatic heterocycles. The van der Waals surface area contributed by atoms with Crippen molar-refractivity contribution < 1.29 is 19.1 Å². The molecule has 1 N–H and O–H groups in total. The summed E-state index contributed by atoms with van der Waals surface area (Å²) < 4.78 is 12.3. The van der Waals surface area contributed by atoms with Crippen molar-refractivity contribution in [2.75, 3.05) is 11.9 Å². The Morgan fingerprint density at radius 1 is 1.00 bits per heavy atom. The van der Waals surface area contributed by atoms with Gasteiger partial charge < -0.3 is 14.8 Å². The van der Waals surface area contributed by atoms with Gasteiger partial charge in [0, 0.05) is 5.56 Å². The molecule has 1 unspecified atom stereocenters. The number of fused-ring (bicyclic) bond motifs is 1. The number of esters is 1. The zero-order valence-electron chi connectivity index (χ0n) is 19.4. The first kappa shape index (κ1) is 23.7. The second-order valence-electron chi connectivity index (χ2n) is 7.85. The maximum Gasteiger partial charge on any atom is 0.327 e. The van der Waals surface area contributed by atoms with Gasteiger partial charge in [0.25, 0.3) is 11.5 Å². The van der Waals surface area contributed by atoms with Crippen molar-refractivity contribution in [1.29, 1.82) is 0 Å². The fraction of sp³-hybridized carbons (Fsp3) is 0.185. The van der Waals surface area contributed by atoms with E-state index in [1.165, 1.54) is 10.9 Å². The summed E-state index contributed by atoms with van der Waals surface area (Å²) >= 11 is 0. The van der Waals surface area contributed by atoms with Crippen LogP contribution in [-0.2, 0) is 20.9 Å². The lowest BCUT2D eigenvalue weighted by molar-refractivity contribution is -0.155. The lowest BCUT2D eigenvalue weighted by Crippen LogP contribution is -2.30. The van der Waals surface area contributed by atoms with Gasteiger partial charge in [-0.1, -0.05) is 54.6 Å². The standard InChI is InChI=1S/C27H25N3O5/c1-3-34-22-15-8-7-14-21(22)29-26(32)25(19-11-5-4-6-12-19)35-23(31)16-30-17-28-24-18(2)10-9-13-20(24)27(30)33/h4-15,17,25H,3,16H2,1-2H3,(H,29,32). The van der Waals surface area contributed by atoms with Crippen LogP contribution in [0.3, 0.4) is 0 Å². The number of aromatic nitrogens is 2. The summed E-state index contributed by atoms with van der Waals surface area (Å²) in [7, 11) is 0. The summed E-state index contributed by atoms with van der Waals surface area (Å²) in [6.07, 6.45) is 0.0826. The third-order valence-electron chi connectivity index (χ3n) is 5.39. The third kappa shape index (κ3) is 5.38. The molecule has 0 aliphatic carbocycles. The van der Waals surface area contributed by atoms with Gasteiger partial charge in [0.2, 0.25) is 6.10 Å². The Bertz CT molecular complexity index is 1420. The molecular weight excluding hydrogens is 446 g/mol. The molecular formula is C27H25N3O5. The number of carbonyl (C=O) groups excluding carboxylic acids is 2. The Balaban J connectivity index is 1.57. The van der Waals surface area contributed by atoms with E-state index in [0.717, 1.165) is 5.56 Å². The van der Waals surface area contributed by atoms with Crippen LogP contribution in [-0.4, -0.2) is 28.0 Å². The van der Waals surface area contributed by atoms with E-state index >= 15 is 0 Å². The minimum Gasteiger partial charge on any atom is -0.492 e. The number of hydrogen-bond acceptors (Lipinski definition) is 6. The van der Waals surface area contributed by atoms with Crippen molar-refractivity contribution in [2.24, 2.45) is 0 Å². The highest BCUT2D eigenvalue weighted by Crippen LogP contribution is 2.26. The van der Waals surface area contributed by atoms with Crippen LogP contribution in [0.2, 0.25) is 0 Å². The molecule has 4 rings (SSSR count).